The molecule has 0 heterocycles. The lowest BCUT2D eigenvalue weighted by Crippen LogP contribution is -2.59. The molecule has 0 spiro atoms. The number of hydrogen-bond donors (Lipinski definition) is 10. The van der Waals surface area contributed by atoms with Gasteiger partial charge in [0, 0.05) is 11.7 Å². The Morgan fingerprint density at radius 1 is 0.635 bits per heavy atom. The molecule has 52 heavy (non-hydrogen) atoms. The van der Waals surface area contributed by atoms with E-state index >= 15 is 0 Å². The molecule has 0 aliphatic carbocycles. The van der Waals surface area contributed by atoms with E-state index < -0.39 is 77.4 Å². The average molecular weight is 742 g/mol. The maximum Gasteiger partial charge on any atom is 0.244 e. The standard InChI is InChI=1S/C36H55N9O6S/c1-23(52)31(36(51)43-28(17-9-11-19-38)35(50)44-29(32(40)47)21-25-14-6-3-7-15-25)45-30(46)22-41-34(49)27(16-8-10-18-37)42-33(48)26(39)20-24-12-4-2-5-13-24/h2-7,12-15,23,26-29,31,52H,8-11,16-22,37-39H2,1H3,(H2,40,47)(H,41,49)(H,42,48)(H,43,51)(H,44,50)(H,45,46)/t23-,26-,27-,28-,29-,31-/m0/s1. The maximum absolute atomic E-state index is 13.5. The summed E-state index contributed by atoms with van der Waals surface area (Å²) in [4.78, 5) is 78.1. The van der Waals surface area contributed by atoms with Crippen molar-refractivity contribution in [3.63, 3.8) is 0 Å². The number of carbonyl (C=O) groups excluding carboxylic acids is 6. The van der Waals surface area contributed by atoms with E-state index in [9.17, 15) is 28.8 Å². The van der Waals surface area contributed by atoms with Crippen LogP contribution in [0.25, 0.3) is 0 Å². The van der Waals surface area contributed by atoms with Crippen LogP contribution in [0.15, 0.2) is 60.7 Å². The Bertz CT molecular complexity index is 1430. The minimum Gasteiger partial charge on any atom is -0.368 e. The van der Waals surface area contributed by atoms with Crippen LogP contribution in [0.4, 0.5) is 0 Å². The molecule has 13 N–H and O–H groups in total. The third-order valence-corrected chi connectivity index (χ3v) is 8.54. The molecule has 286 valence electrons. The zero-order valence-electron chi connectivity index (χ0n) is 29.7. The first-order valence-electron chi connectivity index (χ1n) is 17.5. The smallest absolute Gasteiger partial charge is 0.244 e. The molecule has 6 atom stereocenters. The Morgan fingerprint density at radius 3 is 1.62 bits per heavy atom. The lowest BCUT2D eigenvalue weighted by Gasteiger charge is -2.26. The number of thiol groups is 1. The third kappa shape index (κ3) is 16.2. The van der Waals surface area contributed by atoms with Crippen LogP contribution < -0.4 is 49.5 Å². The number of benzene rings is 2. The Morgan fingerprint density at radius 2 is 1.12 bits per heavy atom. The van der Waals surface area contributed by atoms with Gasteiger partial charge >= 0.3 is 0 Å². The third-order valence-electron chi connectivity index (χ3n) is 8.24. The molecular formula is C36H55N9O6S. The first kappa shape index (κ1) is 43.7. The second-order valence-electron chi connectivity index (χ2n) is 12.6. The van der Waals surface area contributed by atoms with Gasteiger partial charge in [0.25, 0.3) is 0 Å². The normalized spacial score (nSPS) is 14.4. The minimum atomic E-state index is -1.20. The molecular weight excluding hydrogens is 687 g/mol. The highest BCUT2D eigenvalue weighted by atomic mass is 32.1. The first-order valence-corrected chi connectivity index (χ1v) is 18.1. The van der Waals surface area contributed by atoms with Crippen LogP contribution in [-0.2, 0) is 41.6 Å². The summed E-state index contributed by atoms with van der Waals surface area (Å²) in [6, 6.07) is 13.0. The minimum absolute atomic E-state index is 0.154. The summed E-state index contributed by atoms with van der Waals surface area (Å²) in [6.45, 7) is 1.85. The SMILES string of the molecule is C[C@H](S)[C@H](NC(=O)CNC(=O)[C@H](CCCCN)NC(=O)[C@@H](N)Cc1ccccc1)C(=O)N[C@@H](CCCCN)C(=O)N[C@@H](Cc1ccccc1)C(N)=O. The van der Waals surface area contributed by atoms with Gasteiger partial charge in [-0.25, -0.2) is 0 Å². The van der Waals surface area contributed by atoms with Crippen molar-refractivity contribution in [3.8, 4) is 0 Å². The Balaban J connectivity index is 2.05. The first-order chi connectivity index (χ1) is 24.9. The second-order valence-corrected chi connectivity index (χ2v) is 13.5. The van der Waals surface area contributed by atoms with Crippen LogP contribution in [0.5, 0.6) is 0 Å². The van der Waals surface area contributed by atoms with Gasteiger partial charge in [-0.15, -0.1) is 0 Å². The molecule has 0 aliphatic heterocycles. The molecule has 0 aliphatic rings. The fraction of sp³-hybridized carbons (Fsp3) is 0.500. The fourth-order valence-corrected chi connectivity index (χ4v) is 5.50. The van der Waals surface area contributed by atoms with Gasteiger partial charge in [0.15, 0.2) is 0 Å². The molecule has 0 aromatic heterocycles. The van der Waals surface area contributed by atoms with Crippen molar-refractivity contribution in [2.24, 2.45) is 22.9 Å². The fourth-order valence-electron chi connectivity index (χ4n) is 5.29. The van der Waals surface area contributed by atoms with Gasteiger partial charge in [0.05, 0.1) is 12.6 Å². The Hall–Kier alpha value is -4.51. The summed E-state index contributed by atoms with van der Waals surface area (Å²) in [5.41, 5.74) is 24.6. The summed E-state index contributed by atoms with van der Waals surface area (Å²) in [6.07, 6.45) is 3.13. The second kappa shape index (κ2) is 23.9. The predicted molar refractivity (Wildman–Crippen MR) is 202 cm³/mol. The lowest BCUT2D eigenvalue weighted by molar-refractivity contribution is -0.133. The van der Waals surface area contributed by atoms with Gasteiger partial charge < -0.3 is 49.5 Å². The molecule has 0 unspecified atom stereocenters. The molecule has 2 aromatic carbocycles. The number of carbonyl (C=O) groups is 6. The Kier molecular flexibility index (Phi) is 20.0. The van der Waals surface area contributed by atoms with Crippen LogP contribution in [0, 0.1) is 0 Å². The number of hydrogen-bond acceptors (Lipinski definition) is 10. The van der Waals surface area contributed by atoms with Gasteiger partial charge in [0.1, 0.15) is 24.2 Å². The molecule has 0 fully saturated rings. The van der Waals surface area contributed by atoms with Gasteiger partial charge in [-0.2, -0.15) is 12.6 Å². The van der Waals surface area contributed by atoms with Crippen LogP contribution in [0.3, 0.4) is 0 Å². The van der Waals surface area contributed by atoms with Crippen molar-refractivity contribution >= 4 is 48.1 Å². The average Bonchev–Trinajstić information content (AvgIpc) is 3.12. The van der Waals surface area contributed by atoms with Gasteiger partial charge in [-0.1, -0.05) is 67.6 Å². The van der Waals surface area contributed by atoms with Crippen molar-refractivity contribution < 1.29 is 28.8 Å². The molecule has 0 saturated carbocycles. The van der Waals surface area contributed by atoms with Crippen molar-refractivity contribution in [1.29, 1.82) is 0 Å². The van der Waals surface area contributed by atoms with E-state index in [-0.39, 0.29) is 25.7 Å². The summed E-state index contributed by atoms with van der Waals surface area (Å²) in [7, 11) is 0. The topological polar surface area (TPSA) is 267 Å². The van der Waals surface area contributed by atoms with E-state index in [2.05, 4.69) is 39.2 Å². The number of unbranched alkanes of at least 4 members (excludes halogenated alkanes) is 2. The number of rotatable bonds is 24. The molecule has 2 aromatic rings. The summed E-state index contributed by atoms with van der Waals surface area (Å²) in [5.74, 6) is -3.90. The van der Waals surface area contributed by atoms with Crippen molar-refractivity contribution in [2.45, 2.75) is 93.7 Å². The van der Waals surface area contributed by atoms with E-state index in [1.165, 1.54) is 0 Å². The Labute approximate surface area is 310 Å². The maximum atomic E-state index is 13.5. The van der Waals surface area contributed by atoms with Gasteiger partial charge in [-0.3, -0.25) is 28.8 Å². The number of nitrogens with one attached hydrogen (secondary N) is 5. The molecule has 6 amide bonds. The lowest BCUT2D eigenvalue weighted by atomic mass is 10.0. The van der Waals surface area contributed by atoms with E-state index in [1.54, 1.807) is 31.2 Å². The largest absolute Gasteiger partial charge is 0.368 e. The highest BCUT2D eigenvalue weighted by molar-refractivity contribution is 7.81. The van der Waals surface area contributed by atoms with Gasteiger partial charge in [-0.05, 0) is 69.2 Å². The number of amides is 6. The zero-order chi connectivity index (χ0) is 38.5. The van der Waals surface area contributed by atoms with Crippen LogP contribution in [-0.4, -0.2) is 90.5 Å². The van der Waals surface area contributed by atoms with Gasteiger partial charge in [0.2, 0.25) is 35.4 Å². The zero-order valence-corrected chi connectivity index (χ0v) is 30.6. The summed E-state index contributed by atoms with van der Waals surface area (Å²) >= 11 is 4.38. The highest BCUT2D eigenvalue weighted by Crippen LogP contribution is 2.09. The molecule has 0 saturated heterocycles. The van der Waals surface area contributed by atoms with Crippen molar-refractivity contribution in [1.82, 2.24) is 26.6 Å². The molecule has 0 bridgehead atoms. The monoisotopic (exact) mass is 741 g/mol. The highest BCUT2D eigenvalue weighted by Gasteiger charge is 2.31. The molecule has 16 heteroatoms. The van der Waals surface area contributed by atoms with E-state index in [4.69, 9.17) is 22.9 Å². The molecule has 2 rings (SSSR count). The van der Waals surface area contributed by atoms with E-state index in [0.717, 1.165) is 11.1 Å². The molecule has 0 radical (unpaired) electrons. The molecule has 15 nitrogen and oxygen atoms in total. The number of primary amides is 1. The summed E-state index contributed by atoms with van der Waals surface area (Å²) in [5, 5.41) is 12.4. The predicted octanol–water partition coefficient (Wildman–Crippen LogP) is -1.08. The van der Waals surface area contributed by atoms with E-state index in [0.29, 0.717) is 38.8 Å². The van der Waals surface area contributed by atoms with Crippen molar-refractivity contribution in [2.75, 3.05) is 19.6 Å². The van der Waals surface area contributed by atoms with Crippen LogP contribution in [0.1, 0.15) is 56.6 Å². The van der Waals surface area contributed by atoms with Crippen molar-refractivity contribution in [3.05, 3.63) is 71.8 Å². The number of nitrogens with two attached hydrogens (primary N) is 4. The quantitative estimate of drug-likeness (QED) is 0.0463. The van der Waals surface area contributed by atoms with Crippen LogP contribution >= 0.6 is 12.6 Å². The van der Waals surface area contributed by atoms with E-state index in [1.807, 2.05) is 36.4 Å². The summed E-state index contributed by atoms with van der Waals surface area (Å²) < 4.78 is 0. The van der Waals surface area contributed by atoms with Crippen LogP contribution in [0.2, 0.25) is 0 Å².